The van der Waals surface area contributed by atoms with Gasteiger partial charge in [-0.2, -0.15) is 0 Å². The molecule has 5 nitrogen and oxygen atoms in total. The van der Waals surface area contributed by atoms with E-state index in [1.807, 2.05) is 13.8 Å². The number of hydrogen-bond acceptors (Lipinski definition) is 2. The molecule has 0 aliphatic carbocycles. The number of aliphatic carboxylic acids is 1. The van der Waals surface area contributed by atoms with Crippen LogP contribution in [0.2, 0.25) is 0 Å². The van der Waals surface area contributed by atoms with Crippen LogP contribution in [0.1, 0.15) is 46.5 Å². The number of nitrogens with one attached hydrogen (secondary N) is 1. The number of carboxylic acid groups (broad SMARTS) is 1. The van der Waals surface area contributed by atoms with E-state index in [1.165, 1.54) is 0 Å². The molecule has 3 unspecified atom stereocenters. The molecule has 0 aromatic rings. The fraction of sp³-hybridized carbons (Fsp3) is 0.857. The zero-order valence-corrected chi connectivity index (χ0v) is 12.2. The molecule has 2 N–H and O–H groups in total. The van der Waals surface area contributed by atoms with Crippen molar-refractivity contribution in [3.05, 3.63) is 0 Å². The van der Waals surface area contributed by atoms with E-state index in [1.54, 1.807) is 4.90 Å². The first-order valence-electron chi connectivity index (χ1n) is 7.27. The molecule has 1 aliphatic heterocycles. The molecule has 0 saturated carbocycles. The van der Waals surface area contributed by atoms with Crippen LogP contribution in [0.15, 0.2) is 0 Å². The molecule has 0 bridgehead atoms. The van der Waals surface area contributed by atoms with Gasteiger partial charge in [0.1, 0.15) is 6.04 Å². The summed E-state index contributed by atoms with van der Waals surface area (Å²) < 4.78 is 0. The van der Waals surface area contributed by atoms with E-state index in [0.717, 1.165) is 38.8 Å². The van der Waals surface area contributed by atoms with Crippen LogP contribution in [0.3, 0.4) is 0 Å². The molecule has 1 saturated heterocycles. The molecule has 0 aromatic carbocycles. The van der Waals surface area contributed by atoms with E-state index >= 15 is 0 Å². The maximum atomic E-state index is 12.1. The van der Waals surface area contributed by atoms with Gasteiger partial charge < -0.3 is 15.3 Å². The van der Waals surface area contributed by atoms with Crippen LogP contribution in [0, 0.1) is 11.8 Å². The van der Waals surface area contributed by atoms with Gasteiger partial charge >= 0.3 is 12.0 Å². The van der Waals surface area contributed by atoms with Gasteiger partial charge in [-0.15, -0.1) is 0 Å². The second kappa shape index (κ2) is 7.36. The number of piperidine rings is 1. The average molecular weight is 270 g/mol. The zero-order chi connectivity index (χ0) is 14.4. The van der Waals surface area contributed by atoms with Gasteiger partial charge in [-0.05, 0) is 24.7 Å². The molecular weight excluding hydrogens is 244 g/mol. The third kappa shape index (κ3) is 4.40. The van der Waals surface area contributed by atoms with E-state index in [2.05, 4.69) is 12.2 Å². The minimum atomic E-state index is -0.952. The van der Waals surface area contributed by atoms with Crippen molar-refractivity contribution in [1.82, 2.24) is 10.2 Å². The Labute approximate surface area is 115 Å². The molecule has 2 amide bonds. The predicted molar refractivity (Wildman–Crippen MR) is 74.0 cm³/mol. The van der Waals surface area contributed by atoms with E-state index in [0.29, 0.717) is 5.92 Å². The summed E-state index contributed by atoms with van der Waals surface area (Å²) in [6.45, 7) is 7.39. The zero-order valence-electron chi connectivity index (χ0n) is 12.2. The highest BCUT2D eigenvalue weighted by Crippen LogP contribution is 2.19. The number of carboxylic acids is 1. The molecule has 1 heterocycles. The monoisotopic (exact) mass is 270 g/mol. The quantitative estimate of drug-likeness (QED) is 0.805. The van der Waals surface area contributed by atoms with Crippen molar-refractivity contribution in [3.63, 3.8) is 0 Å². The summed E-state index contributed by atoms with van der Waals surface area (Å²) in [6, 6.07) is -1.02. The van der Waals surface area contributed by atoms with Crippen LogP contribution in [0.25, 0.3) is 0 Å². The van der Waals surface area contributed by atoms with Gasteiger partial charge in [0.05, 0.1) is 0 Å². The maximum Gasteiger partial charge on any atom is 0.326 e. The number of carbonyl (C=O) groups excluding carboxylic acids is 1. The Kier molecular flexibility index (Phi) is 6.12. The number of nitrogens with zero attached hydrogens (tertiary/aromatic N) is 1. The smallest absolute Gasteiger partial charge is 0.326 e. The summed E-state index contributed by atoms with van der Waals surface area (Å²) >= 11 is 0. The number of hydrogen-bond donors (Lipinski definition) is 2. The Morgan fingerprint density at radius 1 is 1.42 bits per heavy atom. The lowest BCUT2D eigenvalue weighted by Crippen LogP contribution is -2.52. The van der Waals surface area contributed by atoms with E-state index < -0.39 is 12.0 Å². The van der Waals surface area contributed by atoms with Gasteiger partial charge in [-0.1, -0.05) is 33.6 Å². The normalized spacial score (nSPS) is 22.7. The van der Waals surface area contributed by atoms with Crippen LogP contribution in [-0.4, -0.2) is 41.1 Å². The molecule has 1 fully saturated rings. The summed E-state index contributed by atoms with van der Waals surface area (Å²) in [5, 5.41) is 11.9. The van der Waals surface area contributed by atoms with Crippen molar-refractivity contribution in [2.24, 2.45) is 11.8 Å². The van der Waals surface area contributed by atoms with Crippen molar-refractivity contribution < 1.29 is 14.7 Å². The molecule has 5 heteroatoms. The molecule has 1 aliphatic rings. The van der Waals surface area contributed by atoms with Crippen LogP contribution >= 0.6 is 0 Å². The second-order valence-corrected chi connectivity index (χ2v) is 5.51. The minimum Gasteiger partial charge on any atom is -0.480 e. The molecular formula is C14H26N2O3. The van der Waals surface area contributed by atoms with Crippen molar-refractivity contribution >= 4 is 12.0 Å². The largest absolute Gasteiger partial charge is 0.480 e. The fourth-order valence-corrected chi connectivity index (χ4v) is 2.49. The highest BCUT2D eigenvalue weighted by Gasteiger charge is 2.29. The van der Waals surface area contributed by atoms with Crippen LogP contribution in [0.4, 0.5) is 4.79 Å². The highest BCUT2D eigenvalue weighted by molar-refractivity contribution is 5.82. The standard InChI is InChI=1S/C14H26N2O3/c1-4-10(3)12(13(17)18)15-14(19)16-8-6-7-11(5-2)9-16/h10-12H,4-9H2,1-3H3,(H,15,19)(H,17,18). The summed E-state index contributed by atoms with van der Waals surface area (Å²) in [4.78, 5) is 25.1. The number of likely N-dealkylation sites (tertiary alicyclic amines) is 1. The van der Waals surface area contributed by atoms with E-state index in [-0.39, 0.29) is 11.9 Å². The second-order valence-electron chi connectivity index (χ2n) is 5.51. The Balaban J connectivity index is 2.58. The maximum absolute atomic E-state index is 12.1. The molecule has 1 rings (SSSR count). The Morgan fingerprint density at radius 3 is 2.63 bits per heavy atom. The summed E-state index contributed by atoms with van der Waals surface area (Å²) in [6.07, 6.45) is 3.97. The van der Waals surface area contributed by atoms with Gasteiger partial charge in [-0.25, -0.2) is 9.59 Å². The summed E-state index contributed by atoms with van der Waals surface area (Å²) in [7, 11) is 0. The van der Waals surface area contributed by atoms with Crippen molar-refractivity contribution in [1.29, 1.82) is 0 Å². The van der Waals surface area contributed by atoms with Crippen LogP contribution in [-0.2, 0) is 4.79 Å². The molecule has 3 atom stereocenters. The molecule has 19 heavy (non-hydrogen) atoms. The fourth-order valence-electron chi connectivity index (χ4n) is 2.49. The Hall–Kier alpha value is -1.26. The SMILES string of the molecule is CCC1CCCN(C(=O)NC(C(=O)O)C(C)CC)C1. The van der Waals surface area contributed by atoms with E-state index in [4.69, 9.17) is 0 Å². The van der Waals surface area contributed by atoms with Crippen molar-refractivity contribution in [3.8, 4) is 0 Å². The molecule has 110 valence electrons. The molecule has 0 spiro atoms. The third-order valence-electron chi connectivity index (χ3n) is 4.14. The lowest BCUT2D eigenvalue weighted by atomic mass is 9.96. The van der Waals surface area contributed by atoms with E-state index in [9.17, 15) is 14.7 Å². The topological polar surface area (TPSA) is 69.6 Å². The van der Waals surface area contributed by atoms with Crippen molar-refractivity contribution in [2.45, 2.75) is 52.5 Å². The Bertz CT molecular complexity index is 320. The third-order valence-corrected chi connectivity index (χ3v) is 4.14. The Morgan fingerprint density at radius 2 is 2.11 bits per heavy atom. The van der Waals surface area contributed by atoms with Gasteiger partial charge in [0.15, 0.2) is 0 Å². The van der Waals surface area contributed by atoms with Gasteiger partial charge in [0, 0.05) is 13.1 Å². The average Bonchev–Trinajstić information content (AvgIpc) is 2.43. The highest BCUT2D eigenvalue weighted by atomic mass is 16.4. The van der Waals surface area contributed by atoms with Gasteiger partial charge in [0.25, 0.3) is 0 Å². The summed E-state index contributed by atoms with van der Waals surface area (Å²) in [5.41, 5.74) is 0. The predicted octanol–water partition coefficient (Wildman–Crippen LogP) is 2.32. The molecule has 0 radical (unpaired) electrons. The van der Waals surface area contributed by atoms with Crippen LogP contribution < -0.4 is 5.32 Å². The first-order valence-corrected chi connectivity index (χ1v) is 7.27. The lowest BCUT2D eigenvalue weighted by Gasteiger charge is -2.33. The van der Waals surface area contributed by atoms with Gasteiger partial charge in [0.2, 0.25) is 0 Å². The summed E-state index contributed by atoms with van der Waals surface area (Å²) in [5.74, 6) is -0.466. The first kappa shape index (κ1) is 15.8. The van der Waals surface area contributed by atoms with Crippen molar-refractivity contribution in [2.75, 3.05) is 13.1 Å². The number of amides is 2. The number of carbonyl (C=O) groups is 2. The lowest BCUT2D eigenvalue weighted by molar-refractivity contribution is -0.140. The number of urea groups is 1. The van der Waals surface area contributed by atoms with Crippen LogP contribution in [0.5, 0.6) is 0 Å². The number of rotatable bonds is 5. The van der Waals surface area contributed by atoms with Gasteiger partial charge in [-0.3, -0.25) is 0 Å². The first-order chi connectivity index (χ1) is 8.99. The minimum absolute atomic E-state index is 0.0618. The molecule has 0 aromatic heterocycles.